The number of halogens is 1. The van der Waals surface area contributed by atoms with Crippen LogP contribution in [-0.2, 0) is 4.79 Å². The summed E-state index contributed by atoms with van der Waals surface area (Å²) >= 11 is 0. The summed E-state index contributed by atoms with van der Waals surface area (Å²) < 4.78 is 13.1. The topological polar surface area (TPSA) is 61.6 Å². The zero-order valence-corrected chi connectivity index (χ0v) is 12.6. The molecular formula is C15H23FN4O. The molecule has 6 heteroatoms. The summed E-state index contributed by atoms with van der Waals surface area (Å²) in [6, 6.07) is 4.81. The van der Waals surface area contributed by atoms with Gasteiger partial charge in [0.25, 0.3) is 0 Å². The van der Waals surface area contributed by atoms with Gasteiger partial charge in [-0.05, 0) is 45.1 Å². The third-order valence-corrected chi connectivity index (χ3v) is 3.93. The van der Waals surface area contributed by atoms with Gasteiger partial charge in [-0.1, -0.05) is 0 Å². The Balaban J connectivity index is 1.81. The first kappa shape index (κ1) is 15.7. The van der Waals surface area contributed by atoms with Gasteiger partial charge in [-0.15, -0.1) is 0 Å². The first-order valence-electron chi connectivity index (χ1n) is 7.19. The Bertz CT molecular complexity index is 498. The maximum absolute atomic E-state index is 13.1. The van der Waals surface area contributed by atoms with E-state index < -0.39 is 5.82 Å². The van der Waals surface area contributed by atoms with Gasteiger partial charge in [0.15, 0.2) is 0 Å². The minimum absolute atomic E-state index is 0.0413. The molecule has 0 saturated carbocycles. The second-order valence-electron chi connectivity index (χ2n) is 5.76. The third kappa shape index (κ3) is 4.41. The first-order valence-corrected chi connectivity index (χ1v) is 7.19. The minimum Gasteiger partial charge on any atom is -0.396 e. The summed E-state index contributed by atoms with van der Waals surface area (Å²) in [6.07, 6.45) is 2.15. The summed E-state index contributed by atoms with van der Waals surface area (Å²) in [7, 11) is 4.18. The lowest BCUT2D eigenvalue weighted by Gasteiger charge is -2.34. The molecule has 0 aromatic heterocycles. The Morgan fingerprint density at radius 1 is 1.43 bits per heavy atom. The van der Waals surface area contributed by atoms with Crippen molar-refractivity contribution in [2.45, 2.75) is 18.9 Å². The van der Waals surface area contributed by atoms with E-state index in [-0.39, 0.29) is 11.6 Å². The van der Waals surface area contributed by atoms with Gasteiger partial charge in [-0.2, -0.15) is 0 Å². The van der Waals surface area contributed by atoms with E-state index in [0.29, 0.717) is 18.3 Å². The molecular weight excluding hydrogens is 271 g/mol. The van der Waals surface area contributed by atoms with Crippen molar-refractivity contribution in [3.63, 3.8) is 0 Å². The lowest BCUT2D eigenvalue weighted by Crippen LogP contribution is -2.44. The number of benzene rings is 1. The molecule has 0 spiro atoms. The predicted octanol–water partition coefficient (Wildman–Crippen LogP) is 1.37. The molecule has 0 radical (unpaired) electrons. The lowest BCUT2D eigenvalue weighted by molar-refractivity contribution is -0.117. The fourth-order valence-corrected chi connectivity index (χ4v) is 2.62. The van der Waals surface area contributed by atoms with E-state index in [4.69, 9.17) is 5.73 Å². The number of nitrogens with one attached hydrogen (secondary N) is 1. The number of hydrogen-bond acceptors (Lipinski definition) is 4. The van der Waals surface area contributed by atoms with Crippen molar-refractivity contribution in [1.29, 1.82) is 0 Å². The molecule has 0 atom stereocenters. The summed E-state index contributed by atoms with van der Waals surface area (Å²) in [6.45, 7) is 2.20. The molecule has 1 fully saturated rings. The molecule has 1 aliphatic rings. The maximum Gasteiger partial charge on any atom is 0.238 e. The smallest absolute Gasteiger partial charge is 0.238 e. The molecule has 0 aliphatic carbocycles. The zero-order valence-electron chi connectivity index (χ0n) is 12.6. The van der Waals surface area contributed by atoms with Crippen molar-refractivity contribution in [2.24, 2.45) is 0 Å². The predicted molar refractivity (Wildman–Crippen MR) is 82.6 cm³/mol. The van der Waals surface area contributed by atoms with E-state index in [2.05, 4.69) is 29.2 Å². The van der Waals surface area contributed by atoms with E-state index in [9.17, 15) is 9.18 Å². The highest BCUT2D eigenvalue weighted by molar-refractivity contribution is 5.92. The van der Waals surface area contributed by atoms with Gasteiger partial charge in [0.2, 0.25) is 5.91 Å². The summed E-state index contributed by atoms with van der Waals surface area (Å²) in [4.78, 5) is 16.4. The quantitative estimate of drug-likeness (QED) is 0.824. The molecule has 1 aromatic carbocycles. The van der Waals surface area contributed by atoms with Crippen LogP contribution in [0.3, 0.4) is 0 Å². The van der Waals surface area contributed by atoms with E-state index in [1.54, 1.807) is 0 Å². The highest BCUT2D eigenvalue weighted by Crippen LogP contribution is 2.17. The van der Waals surface area contributed by atoms with E-state index in [1.165, 1.54) is 18.2 Å². The van der Waals surface area contributed by atoms with Crippen LogP contribution in [-0.4, -0.2) is 55.5 Å². The van der Waals surface area contributed by atoms with Crippen molar-refractivity contribution >= 4 is 17.3 Å². The first-order chi connectivity index (χ1) is 9.95. The number of piperidine rings is 1. The third-order valence-electron chi connectivity index (χ3n) is 3.93. The average Bonchev–Trinajstić information content (AvgIpc) is 2.43. The summed E-state index contributed by atoms with van der Waals surface area (Å²) in [5, 5.41) is 2.75. The number of amides is 1. The summed E-state index contributed by atoms with van der Waals surface area (Å²) in [5.74, 6) is -0.567. The van der Waals surface area contributed by atoms with Crippen molar-refractivity contribution in [1.82, 2.24) is 9.80 Å². The molecule has 1 saturated heterocycles. The van der Waals surface area contributed by atoms with Gasteiger partial charge in [-0.3, -0.25) is 9.69 Å². The molecule has 1 aliphatic heterocycles. The number of nitrogens with two attached hydrogens (primary N) is 1. The number of carbonyl (C=O) groups excluding carboxylic acids is 1. The van der Waals surface area contributed by atoms with Gasteiger partial charge >= 0.3 is 0 Å². The molecule has 0 bridgehead atoms. The Kier molecular flexibility index (Phi) is 5.14. The molecule has 2 rings (SSSR count). The number of likely N-dealkylation sites (tertiary alicyclic amines) is 1. The van der Waals surface area contributed by atoms with Gasteiger partial charge in [0.1, 0.15) is 5.82 Å². The van der Waals surface area contributed by atoms with Crippen LogP contribution in [0.4, 0.5) is 15.8 Å². The van der Waals surface area contributed by atoms with Crippen molar-refractivity contribution in [2.75, 3.05) is 44.8 Å². The molecule has 1 aromatic rings. The molecule has 1 amide bonds. The van der Waals surface area contributed by atoms with Crippen LogP contribution in [0, 0.1) is 5.82 Å². The minimum atomic E-state index is -0.473. The normalized spacial score (nSPS) is 17.1. The molecule has 1 heterocycles. The molecule has 5 nitrogen and oxygen atoms in total. The monoisotopic (exact) mass is 294 g/mol. The maximum atomic E-state index is 13.1. The Morgan fingerprint density at radius 2 is 2.10 bits per heavy atom. The second kappa shape index (κ2) is 6.87. The number of nitrogens with zero attached hydrogens (tertiary/aromatic N) is 2. The van der Waals surface area contributed by atoms with Crippen LogP contribution >= 0.6 is 0 Å². The van der Waals surface area contributed by atoms with E-state index in [0.717, 1.165) is 25.9 Å². The average molecular weight is 294 g/mol. The number of carbonyl (C=O) groups is 1. The Labute approximate surface area is 124 Å². The van der Waals surface area contributed by atoms with Gasteiger partial charge in [0, 0.05) is 24.8 Å². The number of anilines is 2. The SMILES string of the molecule is CN(C)C1CCN(CC(=O)Nc2ccc(F)c(N)c2)CC1. The van der Waals surface area contributed by atoms with Crippen LogP contribution < -0.4 is 11.1 Å². The highest BCUT2D eigenvalue weighted by atomic mass is 19.1. The lowest BCUT2D eigenvalue weighted by atomic mass is 10.0. The van der Waals surface area contributed by atoms with Crippen molar-refractivity contribution in [3.8, 4) is 0 Å². The van der Waals surface area contributed by atoms with Gasteiger partial charge in [-0.25, -0.2) is 4.39 Å². The number of hydrogen-bond donors (Lipinski definition) is 2. The summed E-state index contributed by atoms with van der Waals surface area (Å²) in [5.41, 5.74) is 6.05. The molecule has 116 valence electrons. The molecule has 21 heavy (non-hydrogen) atoms. The Hall–Kier alpha value is -1.66. The van der Waals surface area contributed by atoms with E-state index in [1.807, 2.05) is 0 Å². The second-order valence-corrected chi connectivity index (χ2v) is 5.76. The standard InChI is InChI=1S/C15H23FN4O/c1-19(2)12-5-7-20(8-6-12)10-15(21)18-11-3-4-13(16)14(17)9-11/h3-4,9,12H,5-8,10,17H2,1-2H3,(H,18,21). The van der Waals surface area contributed by atoms with Gasteiger partial charge in [0.05, 0.1) is 12.2 Å². The van der Waals surface area contributed by atoms with Crippen molar-refractivity contribution in [3.05, 3.63) is 24.0 Å². The van der Waals surface area contributed by atoms with Gasteiger partial charge < -0.3 is 16.0 Å². The van der Waals surface area contributed by atoms with Crippen LogP contribution in [0.5, 0.6) is 0 Å². The molecule has 0 unspecified atom stereocenters. The largest absolute Gasteiger partial charge is 0.396 e. The van der Waals surface area contributed by atoms with E-state index >= 15 is 0 Å². The van der Waals surface area contributed by atoms with Crippen molar-refractivity contribution < 1.29 is 9.18 Å². The van der Waals surface area contributed by atoms with Crippen LogP contribution in [0.15, 0.2) is 18.2 Å². The fourth-order valence-electron chi connectivity index (χ4n) is 2.62. The van der Waals surface area contributed by atoms with Crippen LogP contribution in [0.1, 0.15) is 12.8 Å². The number of nitrogen functional groups attached to an aromatic ring is 1. The fraction of sp³-hybridized carbons (Fsp3) is 0.533. The molecule has 3 N–H and O–H groups in total. The van der Waals surface area contributed by atoms with Crippen LogP contribution in [0.25, 0.3) is 0 Å². The highest BCUT2D eigenvalue weighted by Gasteiger charge is 2.21. The Morgan fingerprint density at radius 3 is 2.67 bits per heavy atom. The number of rotatable bonds is 4. The zero-order chi connectivity index (χ0) is 15.4. The van der Waals surface area contributed by atoms with Crippen LogP contribution in [0.2, 0.25) is 0 Å².